The topological polar surface area (TPSA) is 29.3 Å². The fourth-order valence-electron chi connectivity index (χ4n) is 2.62. The van der Waals surface area contributed by atoms with Crippen LogP contribution < -0.4 is 5.73 Å². The van der Waals surface area contributed by atoms with E-state index in [1.54, 1.807) is 0 Å². The van der Waals surface area contributed by atoms with Crippen LogP contribution in [0.1, 0.15) is 37.8 Å². The molecule has 0 aromatic heterocycles. The molecule has 0 saturated carbocycles. The number of benzene rings is 1. The molecule has 2 unspecified atom stereocenters. The minimum atomic E-state index is 0.703. The largest absolute Gasteiger partial charge is 0.399 e. The van der Waals surface area contributed by atoms with E-state index < -0.39 is 0 Å². The van der Waals surface area contributed by atoms with E-state index in [2.05, 4.69) is 43.9 Å². The molecule has 1 aromatic carbocycles. The maximum absolute atomic E-state index is 5.97. The molecule has 2 heteroatoms. The Morgan fingerprint density at radius 2 is 2.06 bits per heavy atom. The first-order valence-corrected chi connectivity index (χ1v) is 6.65. The van der Waals surface area contributed by atoms with Crippen LogP contribution in [0, 0.1) is 12.8 Å². The van der Waals surface area contributed by atoms with E-state index in [0.29, 0.717) is 6.04 Å². The number of nitrogen functional groups attached to an aromatic ring is 1. The highest BCUT2D eigenvalue weighted by Crippen LogP contribution is 2.24. The van der Waals surface area contributed by atoms with Crippen molar-refractivity contribution >= 4 is 5.69 Å². The van der Waals surface area contributed by atoms with E-state index in [-0.39, 0.29) is 0 Å². The molecule has 2 N–H and O–H groups in total. The van der Waals surface area contributed by atoms with Crippen molar-refractivity contribution in [3.63, 3.8) is 0 Å². The van der Waals surface area contributed by atoms with Gasteiger partial charge in [-0.3, -0.25) is 4.90 Å². The van der Waals surface area contributed by atoms with E-state index >= 15 is 0 Å². The Morgan fingerprint density at radius 3 is 2.76 bits per heavy atom. The zero-order valence-corrected chi connectivity index (χ0v) is 11.2. The predicted molar refractivity (Wildman–Crippen MR) is 73.9 cm³/mol. The van der Waals surface area contributed by atoms with Crippen LogP contribution in [0.2, 0.25) is 0 Å². The molecule has 0 spiro atoms. The van der Waals surface area contributed by atoms with Crippen molar-refractivity contribution in [2.24, 2.45) is 5.92 Å². The number of aryl methyl sites for hydroxylation is 1. The molecule has 1 aromatic rings. The van der Waals surface area contributed by atoms with Crippen LogP contribution in [0.4, 0.5) is 5.69 Å². The number of nitrogens with zero attached hydrogens (tertiary/aromatic N) is 1. The second-order valence-electron chi connectivity index (χ2n) is 5.65. The molecular formula is C15H24N2. The third-order valence-electron chi connectivity index (χ3n) is 3.98. The Morgan fingerprint density at radius 1 is 1.29 bits per heavy atom. The fraction of sp³-hybridized carbons (Fsp3) is 0.600. The number of piperidine rings is 1. The van der Waals surface area contributed by atoms with Crippen molar-refractivity contribution < 1.29 is 0 Å². The Bertz CT molecular complexity index is 387. The molecule has 17 heavy (non-hydrogen) atoms. The predicted octanol–water partition coefficient (Wildman–Crippen LogP) is 3.20. The van der Waals surface area contributed by atoms with Crippen LogP contribution >= 0.6 is 0 Å². The maximum atomic E-state index is 5.97. The quantitative estimate of drug-likeness (QED) is 0.793. The molecule has 2 nitrogen and oxygen atoms in total. The lowest BCUT2D eigenvalue weighted by atomic mass is 9.94. The summed E-state index contributed by atoms with van der Waals surface area (Å²) in [5.74, 6) is 0.828. The Kier molecular flexibility index (Phi) is 3.72. The number of rotatable bonds is 2. The summed E-state index contributed by atoms with van der Waals surface area (Å²) in [5.41, 5.74) is 9.40. The molecule has 94 valence electrons. The van der Waals surface area contributed by atoms with Gasteiger partial charge in [0.2, 0.25) is 0 Å². The molecule has 2 rings (SSSR count). The van der Waals surface area contributed by atoms with Gasteiger partial charge in [-0.25, -0.2) is 0 Å². The summed E-state index contributed by atoms with van der Waals surface area (Å²) in [6.07, 6.45) is 2.69. The van der Waals surface area contributed by atoms with E-state index in [9.17, 15) is 0 Å². The Hall–Kier alpha value is -1.02. The highest BCUT2D eigenvalue weighted by molar-refractivity contribution is 5.48. The van der Waals surface area contributed by atoms with Gasteiger partial charge in [0.15, 0.2) is 0 Å². The van der Waals surface area contributed by atoms with Crippen molar-refractivity contribution in [3.05, 3.63) is 29.3 Å². The first-order chi connectivity index (χ1) is 8.06. The van der Waals surface area contributed by atoms with E-state index in [4.69, 9.17) is 5.73 Å². The van der Waals surface area contributed by atoms with Crippen molar-refractivity contribution in [3.8, 4) is 0 Å². The number of likely N-dealkylation sites (tertiary alicyclic amines) is 1. The first kappa shape index (κ1) is 12.4. The summed E-state index contributed by atoms with van der Waals surface area (Å²) in [7, 11) is 0. The van der Waals surface area contributed by atoms with Crippen LogP contribution in [0.25, 0.3) is 0 Å². The molecule has 0 amide bonds. The van der Waals surface area contributed by atoms with Crippen LogP contribution in [-0.4, -0.2) is 17.5 Å². The smallest absolute Gasteiger partial charge is 0.0346 e. The van der Waals surface area contributed by atoms with Crippen LogP contribution in [0.15, 0.2) is 18.2 Å². The van der Waals surface area contributed by atoms with Crippen LogP contribution in [0.5, 0.6) is 0 Å². The third kappa shape index (κ3) is 3.01. The average Bonchev–Trinajstić information content (AvgIpc) is 2.29. The lowest BCUT2D eigenvalue weighted by Gasteiger charge is -2.36. The number of hydrogen-bond acceptors (Lipinski definition) is 2. The lowest BCUT2D eigenvalue weighted by molar-refractivity contribution is 0.117. The van der Waals surface area contributed by atoms with Crippen LogP contribution in [-0.2, 0) is 6.54 Å². The second kappa shape index (κ2) is 5.09. The molecule has 1 aliphatic rings. The van der Waals surface area contributed by atoms with E-state index in [1.807, 2.05) is 0 Å². The van der Waals surface area contributed by atoms with Crippen molar-refractivity contribution in [1.82, 2.24) is 4.90 Å². The number of hydrogen-bond donors (Lipinski definition) is 1. The number of nitrogens with two attached hydrogens (primary N) is 1. The SMILES string of the molecule is Cc1ccc(CN2CC(C)CCC2C)cc1N. The molecule has 1 aliphatic heterocycles. The first-order valence-electron chi connectivity index (χ1n) is 6.65. The van der Waals surface area contributed by atoms with Gasteiger partial charge in [-0.1, -0.05) is 19.1 Å². The highest BCUT2D eigenvalue weighted by atomic mass is 15.2. The molecule has 2 atom stereocenters. The van der Waals surface area contributed by atoms with Crippen molar-refractivity contribution in [1.29, 1.82) is 0 Å². The standard InChI is InChI=1S/C15H24N2/c1-11-4-6-13(3)17(9-11)10-14-7-5-12(2)15(16)8-14/h5,7-8,11,13H,4,6,9-10,16H2,1-3H3. The summed E-state index contributed by atoms with van der Waals surface area (Å²) in [6, 6.07) is 7.16. The maximum Gasteiger partial charge on any atom is 0.0346 e. The summed E-state index contributed by atoms with van der Waals surface area (Å²) in [4.78, 5) is 2.58. The van der Waals surface area contributed by atoms with Gasteiger partial charge in [0.05, 0.1) is 0 Å². The van der Waals surface area contributed by atoms with Crippen molar-refractivity contribution in [2.75, 3.05) is 12.3 Å². The van der Waals surface area contributed by atoms with Gasteiger partial charge in [0, 0.05) is 24.8 Å². The van der Waals surface area contributed by atoms with Gasteiger partial charge in [-0.2, -0.15) is 0 Å². The average molecular weight is 232 g/mol. The lowest BCUT2D eigenvalue weighted by Crippen LogP contribution is -2.40. The summed E-state index contributed by atoms with van der Waals surface area (Å²) < 4.78 is 0. The highest BCUT2D eigenvalue weighted by Gasteiger charge is 2.22. The second-order valence-corrected chi connectivity index (χ2v) is 5.65. The zero-order valence-electron chi connectivity index (χ0n) is 11.2. The molecule has 0 radical (unpaired) electrons. The third-order valence-corrected chi connectivity index (χ3v) is 3.98. The van der Waals surface area contributed by atoms with Gasteiger partial charge in [0.1, 0.15) is 0 Å². The van der Waals surface area contributed by atoms with Gasteiger partial charge < -0.3 is 5.73 Å². The summed E-state index contributed by atoms with van der Waals surface area (Å²) >= 11 is 0. The normalized spacial score (nSPS) is 26.1. The molecule has 1 heterocycles. The fourth-order valence-corrected chi connectivity index (χ4v) is 2.62. The van der Waals surface area contributed by atoms with Crippen molar-refractivity contribution in [2.45, 2.75) is 46.2 Å². The molecule has 0 bridgehead atoms. The molecule has 1 saturated heterocycles. The summed E-state index contributed by atoms with van der Waals surface area (Å²) in [6.45, 7) is 9.00. The molecule has 0 aliphatic carbocycles. The van der Waals surface area contributed by atoms with E-state index in [0.717, 1.165) is 18.2 Å². The van der Waals surface area contributed by atoms with Gasteiger partial charge in [-0.15, -0.1) is 0 Å². The Labute approximate surface area is 105 Å². The summed E-state index contributed by atoms with van der Waals surface area (Å²) in [5, 5.41) is 0. The molecular weight excluding hydrogens is 208 g/mol. The van der Waals surface area contributed by atoms with E-state index in [1.165, 1.54) is 30.5 Å². The zero-order chi connectivity index (χ0) is 12.4. The Balaban J connectivity index is 2.06. The molecule has 1 fully saturated rings. The van der Waals surface area contributed by atoms with Gasteiger partial charge >= 0.3 is 0 Å². The van der Waals surface area contributed by atoms with Gasteiger partial charge in [-0.05, 0) is 49.8 Å². The van der Waals surface area contributed by atoms with Crippen LogP contribution in [0.3, 0.4) is 0 Å². The monoisotopic (exact) mass is 232 g/mol. The van der Waals surface area contributed by atoms with Gasteiger partial charge in [0.25, 0.3) is 0 Å². The minimum absolute atomic E-state index is 0.703. The minimum Gasteiger partial charge on any atom is -0.399 e. The number of anilines is 1.